The van der Waals surface area contributed by atoms with Gasteiger partial charge in [0.25, 0.3) is 0 Å². The van der Waals surface area contributed by atoms with E-state index in [0.717, 1.165) is 41.1 Å². The zero-order valence-corrected chi connectivity index (χ0v) is 19.6. The van der Waals surface area contributed by atoms with Crippen LogP contribution >= 0.6 is 0 Å². The molecule has 1 heterocycles. The molecule has 4 rings (SSSR count). The fourth-order valence-corrected chi connectivity index (χ4v) is 4.06. The first-order valence-corrected chi connectivity index (χ1v) is 11.0. The van der Waals surface area contributed by atoms with Crippen molar-refractivity contribution in [3.8, 4) is 17.2 Å². The number of allylic oxidation sites excluding steroid dienone is 1. The number of benzene rings is 3. The van der Waals surface area contributed by atoms with Crippen LogP contribution in [0.15, 0.2) is 72.4 Å². The number of aromatic hydroxyl groups is 1. The van der Waals surface area contributed by atoms with Crippen LogP contribution in [0.4, 0.5) is 5.69 Å². The lowest BCUT2D eigenvalue weighted by Crippen LogP contribution is -2.23. The molecule has 33 heavy (non-hydrogen) atoms. The van der Waals surface area contributed by atoms with Crippen LogP contribution in [0.5, 0.6) is 17.2 Å². The van der Waals surface area contributed by atoms with Crippen LogP contribution in [-0.2, 0) is 6.42 Å². The van der Waals surface area contributed by atoms with Crippen molar-refractivity contribution in [2.24, 2.45) is 0 Å². The van der Waals surface area contributed by atoms with Gasteiger partial charge in [-0.2, -0.15) is 0 Å². The van der Waals surface area contributed by atoms with E-state index in [1.54, 1.807) is 0 Å². The topological polar surface area (TPSA) is 66.0 Å². The van der Waals surface area contributed by atoms with Gasteiger partial charge in [-0.25, -0.2) is 0 Å². The first kappa shape index (κ1) is 22.4. The lowest BCUT2D eigenvalue weighted by Gasteiger charge is -2.18. The zero-order valence-electron chi connectivity index (χ0n) is 19.6. The molecule has 0 saturated heterocycles. The molecule has 6 heteroatoms. The highest BCUT2D eigenvalue weighted by atomic mass is 16.5. The third-order valence-electron chi connectivity index (χ3n) is 5.92. The molecule has 0 bridgehead atoms. The van der Waals surface area contributed by atoms with Crippen molar-refractivity contribution in [3.05, 3.63) is 89.1 Å². The minimum Gasteiger partial charge on any atom is -0.502 e. The average molecular weight is 446 g/mol. The van der Waals surface area contributed by atoms with Crippen molar-refractivity contribution in [1.82, 2.24) is 10.6 Å². The van der Waals surface area contributed by atoms with E-state index in [1.165, 1.54) is 19.8 Å². The predicted molar refractivity (Wildman–Crippen MR) is 133 cm³/mol. The van der Waals surface area contributed by atoms with E-state index in [1.807, 2.05) is 32.3 Å². The summed E-state index contributed by atoms with van der Waals surface area (Å²) < 4.78 is 10.7. The quantitative estimate of drug-likeness (QED) is 0.468. The molecule has 172 valence electrons. The number of rotatable bonds is 8. The molecular formula is C27H31N3O3. The molecular weight excluding hydrogens is 414 g/mol. The second-order valence-corrected chi connectivity index (χ2v) is 8.28. The number of phenolic OH excluding ortho intramolecular Hbond substituents is 1. The molecule has 1 aliphatic rings. The van der Waals surface area contributed by atoms with Crippen LogP contribution in [0, 0.1) is 0 Å². The number of phenols is 1. The first-order chi connectivity index (χ1) is 16.0. The van der Waals surface area contributed by atoms with E-state index in [2.05, 4.69) is 64.1 Å². The first-order valence-electron chi connectivity index (χ1n) is 11.0. The molecule has 0 aliphatic carbocycles. The molecule has 3 aromatic carbocycles. The summed E-state index contributed by atoms with van der Waals surface area (Å²) in [5.74, 6) is 0.753. The van der Waals surface area contributed by atoms with Gasteiger partial charge in [0.05, 0.1) is 19.9 Å². The maximum Gasteiger partial charge on any atom is 0.200 e. The van der Waals surface area contributed by atoms with Gasteiger partial charge in [0.15, 0.2) is 11.5 Å². The SMILES string of the molecule is COc1cc(C2NC(CCc3ccccc3)=C(c3ccc(N(C)C)cc3)N2)cc(OC)c1O. The number of anilines is 1. The number of methoxy groups -OCH3 is 2. The van der Waals surface area contributed by atoms with Gasteiger partial charge in [-0.3, -0.25) is 0 Å². The molecule has 0 spiro atoms. The van der Waals surface area contributed by atoms with Crippen molar-refractivity contribution in [2.45, 2.75) is 19.0 Å². The minimum atomic E-state index is -0.178. The van der Waals surface area contributed by atoms with Crippen LogP contribution < -0.4 is 25.0 Å². The summed E-state index contributed by atoms with van der Waals surface area (Å²) >= 11 is 0. The summed E-state index contributed by atoms with van der Waals surface area (Å²) in [6.07, 6.45) is 1.62. The summed E-state index contributed by atoms with van der Waals surface area (Å²) in [6.45, 7) is 0. The van der Waals surface area contributed by atoms with Crippen molar-refractivity contribution in [2.75, 3.05) is 33.2 Å². The van der Waals surface area contributed by atoms with Crippen molar-refractivity contribution in [3.63, 3.8) is 0 Å². The van der Waals surface area contributed by atoms with E-state index >= 15 is 0 Å². The molecule has 0 aromatic heterocycles. The van der Waals surface area contributed by atoms with Gasteiger partial charge >= 0.3 is 0 Å². The smallest absolute Gasteiger partial charge is 0.200 e. The maximum atomic E-state index is 10.3. The van der Waals surface area contributed by atoms with Crippen molar-refractivity contribution >= 4 is 11.4 Å². The summed E-state index contributed by atoms with van der Waals surface area (Å²) in [5.41, 5.74) is 6.71. The summed E-state index contributed by atoms with van der Waals surface area (Å²) in [4.78, 5) is 2.09. The maximum absolute atomic E-state index is 10.3. The fraction of sp³-hybridized carbons (Fsp3) is 0.259. The van der Waals surface area contributed by atoms with E-state index in [-0.39, 0.29) is 11.9 Å². The highest BCUT2D eigenvalue weighted by Gasteiger charge is 2.26. The molecule has 0 fully saturated rings. The van der Waals surface area contributed by atoms with Crippen LogP contribution in [0.1, 0.15) is 29.3 Å². The third kappa shape index (κ3) is 4.85. The Hall–Kier alpha value is -3.80. The monoisotopic (exact) mass is 445 g/mol. The Kier molecular flexibility index (Phi) is 6.63. The number of ether oxygens (including phenoxy) is 2. The highest BCUT2D eigenvalue weighted by Crippen LogP contribution is 2.40. The van der Waals surface area contributed by atoms with E-state index in [4.69, 9.17) is 9.47 Å². The van der Waals surface area contributed by atoms with Crippen molar-refractivity contribution < 1.29 is 14.6 Å². The molecule has 3 N–H and O–H groups in total. The Balaban J connectivity index is 1.65. The normalized spacial score (nSPS) is 15.1. The van der Waals surface area contributed by atoms with E-state index in [9.17, 15) is 5.11 Å². The minimum absolute atomic E-state index is 0.00138. The lowest BCUT2D eigenvalue weighted by molar-refractivity contribution is 0.338. The molecule has 1 aliphatic heterocycles. The van der Waals surface area contributed by atoms with Crippen molar-refractivity contribution in [1.29, 1.82) is 0 Å². The van der Waals surface area contributed by atoms with Crippen LogP contribution in [0.3, 0.4) is 0 Å². The van der Waals surface area contributed by atoms with Gasteiger partial charge in [0.1, 0.15) is 6.17 Å². The second-order valence-electron chi connectivity index (χ2n) is 8.28. The Bertz CT molecular complexity index is 1100. The molecule has 0 radical (unpaired) electrons. The number of nitrogens with one attached hydrogen (secondary N) is 2. The van der Waals surface area contributed by atoms with E-state index in [0.29, 0.717) is 11.5 Å². The molecule has 3 aromatic rings. The predicted octanol–water partition coefficient (Wildman–Crippen LogP) is 4.67. The second kappa shape index (κ2) is 9.77. The average Bonchev–Trinajstić information content (AvgIpc) is 3.28. The number of nitrogens with zero attached hydrogens (tertiary/aromatic N) is 1. The molecule has 1 unspecified atom stereocenters. The molecule has 1 atom stereocenters. The van der Waals surface area contributed by atoms with Gasteiger partial charge in [-0.1, -0.05) is 42.5 Å². The van der Waals surface area contributed by atoms with E-state index < -0.39 is 0 Å². The van der Waals surface area contributed by atoms with Gasteiger partial charge in [0, 0.05) is 31.0 Å². The number of aryl methyl sites for hydroxylation is 1. The van der Waals surface area contributed by atoms with Crippen LogP contribution in [-0.4, -0.2) is 33.4 Å². The van der Waals surface area contributed by atoms with Gasteiger partial charge in [0.2, 0.25) is 5.75 Å². The largest absolute Gasteiger partial charge is 0.502 e. The zero-order chi connectivity index (χ0) is 23.4. The summed E-state index contributed by atoms with van der Waals surface area (Å²) in [5, 5.41) is 17.6. The number of hydrogen-bond donors (Lipinski definition) is 3. The lowest BCUT2D eigenvalue weighted by atomic mass is 10.0. The Labute approximate surface area is 195 Å². The van der Waals surface area contributed by atoms with Gasteiger partial charge < -0.3 is 30.1 Å². The summed E-state index contributed by atoms with van der Waals surface area (Å²) in [6, 6.07) is 22.7. The molecule has 6 nitrogen and oxygen atoms in total. The number of hydrogen-bond acceptors (Lipinski definition) is 6. The Morgan fingerprint density at radius 1 is 0.848 bits per heavy atom. The molecule has 0 saturated carbocycles. The van der Waals surface area contributed by atoms with Crippen LogP contribution in [0.25, 0.3) is 5.70 Å². The molecule has 0 amide bonds. The van der Waals surface area contributed by atoms with Gasteiger partial charge in [-0.05, 0) is 48.2 Å². The third-order valence-corrected chi connectivity index (χ3v) is 5.92. The van der Waals surface area contributed by atoms with Gasteiger partial charge in [-0.15, -0.1) is 0 Å². The Morgan fingerprint density at radius 3 is 2.06 bits per heavy atom. The Morgan fingerprint density at radius 2 is 1.48 bits per heavy atom. The highest BCUT2D eigenvalue weighted by molar-refractivity contribution is 5.71. The van der Waals surface area contributed by atoms with Crippen LogP contribution in [0.2, 0.25) is 0 Å². The standard InChI is InChI=1S/C27H31N3O3/c1-30(2)21-13-11-19(12-14-21)25-22(15-10-18-8-6-5-7-9-18)28-27(29-25)20-16-23(32-3)26(31)24(17-20)33-4/h5-9,11-14,16-17,27-29,31H,10,15H2,1-4H3. The summed E-state index contributed by atoms with van der Waals surface area (Å²) in [7, 11) is 7.15. The fourth-order valence-electron chi connectivity index (χ4n) is 4.06.